The van der Waals surface area contributed by atoms with Gasteiger partial charge in [0.2, 0.25) is 0 Å². The van der Waals surface area contributed by atoms with Gasteiger partial charge in [0.15, 0.2) is 6.61 Å². The zero-order valence-electron chi connectivity index (χ0n) is 18.5. The highest BCUT2D eigenvalue weighted by Crippen LogP contribution is 2.21. The number of amides is 1. The first kappa shape index (κ1) is 22.6. The number of nitrogens with zero attached hydrogens (tertiary/aromatic N) is 1. The Kier molecular flexibility index (Phi) is 7.98. The summed E-state index contributed by atoms with van der Waals surface area (Å²) in [4.78, 5) is 14.4. The van der Waals surface area contributed by atoms with Gasteiger partial charge in [-0.05, 0) is 42.5 Å². The van der Waals surface area contributed by atoms with Crippen LogP contribution >= 0.6 is 0 Å². The maximum Gasteiger partial charge on any atom is 0.258 e. The number of carbonyl (C=O) groups excluding carboxylic acids is 1. The van der Waals surface area contributed by atoms with Crippen LogP contribution in [0.3, 0.4) is 0 Å². The van der Waals surface area contributed by atoms with Crippen LogP contribution in [0.2, 0.25) is 0 Å². The second-order valence-electron chi connectivity index (χ2n) is 8.56. The molecule has 1 atom stereocenters. The number of hydrogen-bond acceptors (Lipinski definition) is 6. The van der Waals surface area contributed by atoms with Crippen molar-refractivity contribution >= 4 is 11.6 Å². The Morgan fingerprint density at radius 1 is 1.16 bits per heavy atom. The van der Waals surface area contributed by atoms with E-state index in [2.05, 4.69) is 39.8 Å². The Morgan fingerprint density at radius 2 is 1.97 bits per heavy atom. The largest absolute Gasteiger partial charge is 0.484 e. The molecule has 172 valence electrons. The van der Waals surface area contributed by atoms with Crippen molar-refractivity contribution in [1.29, 1.82) is 0 Å². The maximum atomic E-state index is 12.2. The molecule has 2 aliphatic rings. The predicted octanol–water partition coefficient (Wildman–Crippen LogP) is 2.19. The molecule has 0 saturated carbocycles. The summed E-state index contributed by atoms with van der Waals surface area (Å²) in [6.07, 6.45) is 2.35. The summed E-state index contributed by atoms with van der Waals surface area (Å²) in [5.41, 5.74) is 3.68. The molecule has 0 spiro atoms. The zero-order valence-corrected chi connectivity index (χ0v) is 18.5. The van der Waals surface area contributed by atoms with Gasteiger partial charge in [0, 0.05) is 57.2 Å². The number of β-amino-alcohol motifs (C(OH)–C–C–N with tert-alkyl or cyclic N) is 1. The highest BCUT2D eigenvalue weighted by Gasteiger charge is 2.19. The van der Waals surface area contributed by atoms with Gasteiger partial charge in [0.1, 0.15) is 5.75 Å². The van der Waals surface area contributed by atoms with Gasteiger partial charge < -0.3 is 25.2 Å². The fourth-order valence-electron chi connectivity index (χ4n) is 4.26. The van der Waals surface area contributed by atoms with Crippen molar-refractivity contribution in [2.24, 2.45) is 0 Å². The number of aliphatic hydroxyl groups is 1. The number of nitrogens with one attached hydrogen (secondary N) is 2. The third-order valence-corrected chi connectivity index (χ3v) is 6.01. The summed E-state index contributed by atoms with van der Waals surface area (Å²) in [5, 5.41) is 16.6. The summed E-state index contributed by atoms with van der Waals surface area (Å²) in [7, 11) is 0. The molecule has 2 aromatic rings. The van der Waals surface area contributed by atoms with Crippen LogP contribution in [0.5, 0.6) is 5.75 Å². The molecule has 2 heterocycles. The lowest BCUT2D eigenvalue weighted by atomic mass is 10.00. The molecule has 3 N–H and O–H groups in total. The summed E-state index contributed by atoms with van der Waals surface area (Å²) in [5.74, 6) is 0.403. The Bertz CT molecular complexity index is 885. The van der Waals surface area contributed by atoms with E-state index in [9.17, 15) is 9.90 Å². The molecule has 1 amide bonds. The summed E-state index contributed by atoms with van der Waals surface area (Å²) in [6.45, 7) is 3.99. The van der Waals surface area contributed by atoms with Gasteiger partial charge in [-0.2, -0.15) is 0 Å². The molecule has 0 aliphatic carbocycles. The summed E-state index contributed by atoms with van der Waals surface area (Å²) >= 11 is 0. The minimum absolute atomic E-state index is 0.0788. The molecule has 7 nitrogen and oxygen atoms in total. The van der Waals surface area contributed by atoms with Gasteiger partial charge in [-0.15, -0.1) is 0 Å². The number of aliphatic hydroxyl groups excluding tert-OH is 1. The number of rotatable bonds is 9. The molecular formula is C25H33N3O4. The van der Waals surface area contributed by atoms with Crippen LogP contribution in [0, 0.1) is 0 Å². The minimum Gasteiger partial charge on any atom is -0.484 e. The molecule has 0 aromatic heterocycles. The first-order valence-corrected chi connectivity index (χ1v) is 11.5. The molecule has 4 rings (SSSR count). The van der Waals surface area contributed by atoms with Crippen LogP contribution < -0.4 is 15.4 Å². The van der Waals surface area contributed by atoms with E-state index in [0.717, 1.165) is 51.3 Å². The van der Waals surface area contributed by atoms with Gasteiger partial charge in [-0.25, -0.2) is 0 Å². The van der Waals surface area contributed by atoms with E-state index >= 15 is 0 Å². The van der Waals surface area contributed by atoms with E-state index in [-0.39, 0.29) is 19.1 Å². The zero-order chi connectivity index (χ0) is 22.2. The number of anilines is 1. The van der Waals surface area contributed by atoms with Crippen LogP contribution in [-0.4, -0.2) is 67.5 Å². The number of carbonyl (C=O) groups is 1. The van der Waals surface area contributed by atoms with E-state index in [4.69, 9.17) is 9.47 Å². The van der Waals surface area contributed by atoms with Crippen molar-refractivity contribution in [3.63, 3.8) is 0 Å². The lowest BCUT2D eigenvalue weighted by molar-refractivity contribution is -0.123. The molecular weight excluding hydrogens is 406 g/mol. The van der Waals surface area contributed by atoms with Crippen molar-refractivity contribution in [2.75, 3.05) is 44.8 Å². The Balaban J connectivity index is 1.16. The van der Waals surface area contributed by atoms with Crippen LogP contribution in [0.25, 0.3) is 0 Å². The molecule has 2 aliphatic heterocycles. The lowest BCUT2D eigenvalue weighted by Crippen LogP contribution is -2.42. The van der Waals surface area contributed by atoms with Crippen molar-refractivity contribution in [3.8, 4) is 5.75 Å². The number of benzene rings is 2. The molecule has 0 radical (unpaired) electrons. The fraction of sp³-hybridized carbons (Fsp3) is 0.480. The first-order valence-electron chi connectivity index (χ1n) is 11.5. The highest BCUT2D eigenvalue weighted by atomic mass is 16.5. The minimum atomic E-state index is -0.615. The molecule has 32 heavy (non-hydrogen) atoms. The van der Waals surface area contributed by atoms with Gasteiger partial charge in [0.25, 0.3) is 5.91 Å². The monoisotopic (exact) mass is 439 g/mol. The van der Waals surface area contributed by atoms with Crippen LogP contribution in [0.1, 0.15) is 24.0 Å². The molecule has 7 heteroatoms. The summed E-state index contributed by atoms with van der Waals surface area (Å²) < 4.78 is 11.0. The van der Waals surface area contributed by atoms with E-state index in [1.54, 1.807) is 0 Å². The smallest absolute Gasteiger partial charge is 0.258 e. The maximum absolute atomic E-state index is 12.2. The summed E-state index contributed by atoms with van der Waals surface area (Å²) in [6, 6.07) is 16.5. The highest BCUT2D eigenvalue weighted by molar-refractivity contribution is 5.77. The number of ether oxygens (including phenoxy) is 2. The van der Waals surface area contributed by atoms with Crippen LogP contribution in [-0.2, 0) is 22.5 Å². The number of hydrogen-bond donors (Lipinski definition) is 3. The predicted molar refractivity (Wildman–Crippen MR) is 124 cm³/mol. The van der Waals surface area contributed by atoms with E-state index in [1.807, 2.05) is 24.3 Å². The molecule has 1 saturated heterocycles. The Labute approximate surface area is 189 Å². The topological polar surface area (TPSA) is 83.1 Å². The first-order chi connectivity index (χ1) is 15.7. The van der Waals surface area contributed by atoms with E-state index in [1.165, 1.54) is 11.1 Å². The fourth-order valence-corrected chi connectivity index (χ4v) is 4.26. The van der Waals surface area contributed by atoms with Crippen molar-refractivity contribution < 1.29 is 19.4 Å². The van der Waals surface area contributed by atoms with Gasteiger partial charge in [-0.1, -0.05) is 30.3 Å². The van der Waals surface area contributed by atoms with E-state index in [0.29, 0.717) is 18.3 Å². The van der Waals surface area contributed by atoms with Gasteiger partial charge >= 0.3 is 0 Å². The van der Waals surface area contributed by atoms with Crippen molar-refractivity contribution in [1.82, 2.24) is 10.2 Å². The molecule has 1 fully saturated rings. The normalized spacial score (nSPS) is 17.9. The van der Waals surface area contributed by atoms with E-state index < -0.39 is 6.10 Å². The second kappa shape index (κ2) is 11.3. The Morgan fingerprint density at radius 3 is 2.81 bits per heavy atom. The van der Waals surface area contributed by atoms with Crippen LogP contribution in [0.4, 0.5) is 5.69 Å². The molecule has 0 bridgehead atoms. The molecule has 2 aromatic carbocycles. The average molecular weight is 440 g/mol. The molecule has 1 unspecified atom stereocenters. The SMILES string of the molecule is O=C(COc1cccc(NC2CCOCC2)c1)NCC(O)CN1CCc2ccccc2C1. The van der Waals surface area contributed by atoms with Crippen molar-refractivity contribution in [3.05, 3.63) is 59.7 Å². The quantitative estimate of drug-likeness (QED) is 0.556. The Hall–Kier alpha value is -2.61. The third kappa shape index (κ3) is 6.69. The third-order valence-electron chi connectivity index (χ3n) is 6.01. The number of fused-ring (bicyclic) bond motifs is 1. The lowest BCUT2D eigenvalue weighted by Gasteiger charge is -2.30. The van der Waals surface area contributed by atoms with Crippen LogP contribution in [0.15, 0.2) is 48.5 Å². The average Bonchev–Trinajstić information content (AvgIpc) is 2.82. The van der Waals surface area contributed by atoms with Gasteiger partial charge in [0.05, 0.1) is 6.10 Å². The van der Waals surface area contributed by atoms with Crippen molar-refractivity contribution in [2.45, 2.75) is 38.0 Å². The second-order valence-corrected chi connectivity index (χ2v) is 8.56. The van der Waals surface area contributed by atoms with Gasteiger partial charge in [-0.3, -0.25) is 9.69 Å². The standard InChI is InChI=1S/C25H33N3O4/c29-23(17-28-11-8-19-4-1-2-5-20(19)16-28)15-26-25(30)18-32-24-7-3-6-22(14-24)27-21-9-12-31-13-10-21/h1-7,14,21,23,27,29H,8-13,15-18H2,(H,26,30).